The molecular formula is C85H166O17P2. The molecule has 3 N–H and O–H groups in total. The summed E-state index contributed by atoms with van der Waals surface area (Å²) in [6.07, 6.45) is 65.4. The number of hydrogen-bond acceptors (Lipinski definition) is 15. The van der Waals surface area contributed by atoms with Gasteiger partial charge in [-0.25, -0.2) is 9.13 Å². The molecule has 2 unspecified atom stereocenters. The summed E-state index contributed by atoms with van der Waals surface area (Å²) in [6, 6.07) is 0. The van der Waals surface area contributed by atoms with Crippen molar-refractivity contribution < 1.29 is 80.2 Å². The molecule has 0 spiro atoms. The molecule has 0 bridgehead atoms. The maximum Gasteiger partial charge on any atom is 0.472 e. The van der Waals surface area contributed by atoms with Gasteiger partial charge < -0.3 is 33.8 Å². The van der Waals surface area contributed by atoms with Crippen LogP contribution < -0.4 is 0 Å². The second-order valence-corrected chi connectivity index (χ2v) is 34.9. The van der Waals surface area contributed by atoms with E-state index in [1.54, 1.807) is 0 Å². The van der Waals surface area contributed by atoms with E-state index in [1.165, 1.54) is 257 Å². The Morgan fingerprint density at radius 2 is 0.442 bits per heavy atom. The molecular weight excluding hydrogens is 1350 g/mol. The number of aliphatic hydroxyl groups excluding tert-OH is 1. The Labute approximate surface area is 638 Å². The van der Waals surface area contributed by atoms with Gasteiger partial charge in [-0.2, -0.15) is 0 Å². The molecule has 0 aliphatic heterocycles. The quantitative estimate of drug-likeness (QED) is 0.0222. The Morgan fingerprint density at radius 3 is 0.654 bits per heavy atom. The first-order valence-electron chi connectivity index (χ1n) is 43.8. The minimum atomic E-state index is -4.97. The molecule has 17 nitrogen and oxygen atoms in total. The van der Waals surface area contributed by atoms with E-state index in [-0.39, 0.29) is 25.7 Å². The second kappa shape index (κ2) is 75.1. The molecule has 104 heavy (non-hydrogen) atoms. The van der Waals surface area contributed by atoms with Gasteiger partial charge in [-0.05, 0) is 43.4 Å². The third-order valence-electron chi connectivity index (χ3n) is 19.9. The van der Waals surface area contributed by atoms with Crippen molar-refractivity contribution in [3.63, 3.8) is 0 Å². The maximum absolute atomic E-state index is 13.1. The standard InChI is InChI=1S/C85H166O17P2/c1-8-9-10-11-12-13-14-15-16-17-18-22-25-28-31-38-45-52-59-66-82(87)95-72-80(101-84(89)68-61-54-47-39-32-29-26-23-20-19-21-24-27-30-35-42-49-56-63-76(2)3)74-99-103(91,92)97-70-79(86)71-98-104(93,94)100-75-81(102-85(90)69-62-55-48-41-34-37-44-51-58-65-78(6)7)73-96-83(88)67-60-53-46-40-33-36-43-50-57-64-77(4)5/h76-81,86H,8-75H2,1-7H3,(H,91,92)(H,93,94)/t79-,80-,81-/m1/s1. The summed E-state index contributed by atoms with van der Waals surface area (Å²) >= 11 is 0. The van der Waals surface area contributed by atoms with Gasteiger partial charge in [-0.15, -0.1) is 0 Å². The van der Waals surface area contributed by atoms with E-state index in [0.717, 1.165) is 108 Å². The highest BCUT2D eigenvalue weighted by molar-refractivity contribution is 7.47. The van der Waals surface area contributed by atoms with Crippen LogP contribution in [0.5, 0.6) is 0 Å². The van der Waals surface area contributed by atoms with Gasteiger partial charge in [-0.3, -0.25) is 37.3 Å². The summed E-state index contributed by atoms with van der Waals surface area (Å²) in [4.78, 5) is 73.2. The molecule has 0 fully saturated rings. The summed E-state index contributed by atoms with van der Waals surface area (Å²) in [5, 5.41) is 10.7. The second-order valence-electron chi connectivity index (χ2n) is 32.0. The molecule has 0 saturated carbocycles. The van der Waals surface area contributed by atoms with E-state index >= 15 is 0 Å². The Bertz CT molecular complexity index is 2010. The molecule has 0 aromatic heterocycles. The highest BCUT2D eigenvalue weighted by atomic mass is 31.2. The molecule has 0 aliphatic rings. The van der Waals surface area contributed by atoms with E-state index in [1.807, 2.05) is 0 Å². The summed E-state index contributed by atoms with van der Waals surface area (Å²) in [5.74, 6) is 0.193. The van der Waals surface area contributed by atoms with Crippen LogP contribution in [0.4, 0.5) is 0 Å². The maximum atomic E-state index is 13.1. The predicted octanol–water partition coefficient (Wildman–Crippen LogP) is 25.7. The number of phosphoric ester groups is 2. The lowest BCUT2D eigenvalue weighted by Crippen LogP contribution is -2.30. The average Bonchev–Trinajstić information content (AvgIpc) is 0.905. The van der Waals surface area contributed by atoms with Gasteiger partial charge in [-0.1, -0.05) is 395 Å². The van der Waals surface area contributed by atoms with Crippen LogP contribution in [0.2, 0.25) is 0 Å². The van der Waals surface area contributed by atoms with E-state index in [2.05, 4.69) is 48.5 Å². The van der Waals surface area contributed by atoms with E-state index in [4.69, 9.17) is 37.0 Å². The van der Waals surface area contributed by atoms with Crippen molar-refractivity contribution in [3.05, 3.63) is 0 Å². The largest absolute Gasteiger partial charge is 0.472 e. The number of carbonyl (C=O) groups excluding carboxylic acids is 4. The van der Waals surface area contributed by atoms with Gasteiger partial charge in [0.15, 0.2) is 12.2 Å². The van der Waals surface area contributed by atoms with Crippen LogP contribution in [-0.2, 0) is 65.4 Å². The molecule has 0 aromatic rings. The minimum Gasteiger partial charge on any atom is -0.462 e. The van der Waals surface area contributed by atoms with Crippen molar-refractivity contribution >= 4 is 39.5 Å². The Hall–Kier alpha value is -1.94. The highest BCUT2D eigenvalue weighted by Gasteiger charge is 2.30. The minimum absolute atomic E-state index is 0.105. The number of phosphoric acid groups is 2. The number of ether oxygens (including phenoxy) is 4. The molecule has 618 valence electrons. The van der Waals surface area contributed by atoms with E-state index < -0.39 is 97.5 Å². The van der Waals surface area contributed by atoms with Crippen LogP contribution in [-0.4, -0.2) is 96.7 Å². The third kappa shape index (κ3) is 78.2. The number of aliphatic hydroxyl groups is 1. The fourth-order valence-corrected chi connectivity index (χ4v) is 14.8. The smallest absolute Gasteiger partial charge is 0.462 e. The highest BCUT2D eigenvalue weighted by Crippen LogP contribution is 2.45. The number of unbranched alkanes of at least 4 members (excludes halogenated alkanes) is 51. The normalized spacial score (nSPS) is 13.9. The number of esters is 4. The van der Waals surface area contributed by atoms with Crippen LogP contribution in [0.1, 0.15) is 447 Å². The first-order valence-corrected chi connectivity index (χ1v) is 46.8. The van der Waals surface area contributed by atoms with Gasteiger partial charge in [0.05, 0.1) is 26.4 Å². The average molecular weight is 1520 g/mol. The van der Waals surface area contributed by atoms with Crippen molar-refractivity contribution in [2.24, 2.45) is 17.8 Å². The zero-order valence-corrected chi connectivity index (χ0v) is 70.3. The Morgan fingerprint density at radius 1 is 0.260 bits per heavy atom. The van der Waals surface area contributed by atoms with Gasteiger partial charge in [0, 0.05) is 25.7 Å². The zero-order chi connectivity index (χ0) is 76.5. The number of hydrogen-bond donors (Lipinski definition) is 3. The molecule has 0 heterocycles. The van der Waals surface area contributed by atoms with Gasteiger partial charge >= 0.3 is 39.5 Å². The molecule has 5 atom stereocenters. The van der Waals surface area contributed by atoms with Crippen LogP contribution >= 0.6 is 15.6 Å². The summed E-state index contributed by atoms with van der Waals surface area (Å²) < 4.78 is 68.8. The van der Waals surface area contributed by atoms with Crippen molar-refractivity contribution in [2.75, 3.05) is 39.6 Å². The van der Waals surface area contributed by atoms with Crippen molar-refractivity contribution in [3.8, 4) is 0 Å². The first kappa shape index (κ1) is 102. The molecule has 0 aliphatic carbocycles. The zero-order valence-electron chi connectivity index (χ0n) is 68.5. The molecule has 0 aromatic carbocycles. The lowest BCUT2D eigenvalue weighted by molar-refractivity contribution is -0.161. The van der Waals surface area contributed by atoms with Crippen LogP contribution in [0.3, 0.4) is 0 Å². The SMILES string of the molecule is CCCCCCCCCCCCCCCCCCCCCC(=O)OC[C@H](COP(=O)(O)OC[C@@H](O)COP(=O)(O)OC[C@@H](COC(=O)CCCCCCCCCCCC(C)C)OC(=O)CCCCCCCCCCCC(C)C)OC(=O)CCCCCCCCCCCCCCCCCCCCC(C)C. The van der Waals surface area contributed by atoms with Crippen LogP contribution in [0, 0.1) is 17.8 Å². The van der Waals surface area contributed by atoms with Crippen LogP contribution in [0.15, 0.2) is 0 Å². The van der Waals surface area contributed by atoms with Crippen molar-refractivity contribution in [1.29, 1.82) is 0 Å². The summed E-state index contributed by atoms with van der Waals surface area (Å²) in [7, 11) is -9.93. The summed E-state index contributed by atoms with van der Waals surface area (Å²) in [5.41, 5.74) is 0. The van der Waals surface area contributed by atoms with Crippen molar-refractivity contribution in [2.45, 2.75) is 465 Å². The van der Waals surface area contributed by atoms with Crippen molar-refractivity contribution in [1.82, 2.24) is 0 Å². The molecule has 0 radical (unpaired) electrons. The molecule has 0 saturated heterocycles. The Kier molecular flexibility index (Phi) is 73.7. The molecule has 0 amide bonds. The monoisotopic (exact) mass is 1520 g/mol. The Balaban J connectivity index is 5.23. The van der Waals surface area contributed by atoms with Crippen LogP contribution in [0.25, 0.3) is 0 Å². The summed E-state index contributed by atoms with van der Waals surface area (Å²) in [6.45, 7) is 12.0. The fraction of sp³-hybridized carbons (Fsp3) is 0.953. The predicted molar refractivity (Wildman–Crippen MR) is 428 cm³/mol. The van der Waals surface area contributed by atoms with Gasteiger partial charge in [0.2, 0.25) is 0 Å². The van der Waals surface area contributed by atoms with E-state index in [9.17, 15) is 43.2 Å². The molecule has 0 rings (SSSR count). The lowest BCUT2D eigenvalue weighted by Gasteiger charge is -2.21. The van der Waals surface area contributed by atoms with Gasteiger partial charge in [0.25, 0.3) is 0 Å². The van der Waals surface area contributed by atoms with Gasteiger partial charge in [0.1, 0.15) is 19.3 Å². The topological polar surface area (TPSA) is 237 Å². The first-order chi connectivity index (χ1) is 50.2. The number of carbonyl (C=O) groups is 4. The number of rotatable bonds is 83. The molecule has 19 heteroatoms. The lowest BCUT2D eigenvalue weighted by atomic mass is 10.0. The fourth-order valence-electron chi connectivity index (χ4n) is 13.2. The third-order valence-corrected chi connectivity index (χ3v) is 21.8. The van der Waals surface area contributed by atoms with E-state index in [0.29, 0.717) is 25.7 Å².